The maximum atomic E-state index is 13.0. The number of rotatable bonds is 13. The summed E-state index contributed by atoms with van der Waals surface area (Å²) < 4.78 is 14.3. The van der Waals surface area contributed by atoms with Crippen LogP contribution in [0, 0.1) is 92.2 Å². The fraction of sp³-hybridized carbons (Fsp3) is 0.887. The van der Waals surface area contributed by atoms with Crippen LogP contribution in [0.1, 0.15) is 245 Å². The van der Waals surface area contributed by atoms with E-state index in [1.54, 1.807) is 12.5 Å². The molecule has 0 saturated heterocycles. The van der Waals surface area contributed by atoms with Crippen molar-refractivity contribution in [2.75, 3.05) is 0 Å². The fourth-order valence-corrected chi connectivity index (χ4v) is 20.6. The van der Waals surface area contributed by atoms with E-state index in [-0.39, 0.29) is 22.9 Å². The van der Waals surface area contributed by atoms with Gasteiger partial charge < -0.3 is 9.47 Å². The molecule has 5 fully saturated rings. The lowest BCUT2D eigenvalue weighted by atomic mass is 9.36. The Hall–Kier alpha value is -1.51. The van der Waals surface area contributed by atoms with E-state index in [4.69, 9.17) is 9.47 Å². The fourth-order valence-electron chi connectivity index (χ4n) is 20.6. The summed E-state index contributed by atoms with van der Waals surface area (Å²) >= 11 is 0. The molecule has 1 heterocycles. The quantitative estimate of drug-likeness (QED) is 0.136. The number of hydrogen-bond acceptors (Lipinski definition) is 3. The monoisotopic (exact) mass is 893 g/mol. The number of fused-ring (bicyclic) bond motifs is 8. The molecular weight excluding hydrogens is 793 g/mol. The summed E-state index contributed by atoms with van der Waals surface area (Å²) in [5, 5.41) is 0. The van der Waals surface area contributed by atoms with E-state index in [0.717, 1.165) is 72.5 Å². The summed E-state index contributed by atoms with van der Waals surface area (Å²) in [6, 6.07) is 0. The highest BCUT2D eigenvalue weighted by Gasteiger charge is 2.73. The SMILES string of the molecule is CC[C@@H](CC[C@@H](C)[C@H]1CCC2=C3CC[C@H]4C5=C(CC[C@]4(C)[C@H]3CC[C@@]21C)O[C@@]1(C)[C@@H](OC(C)=O)CC[C@]2(C)[C@H]3CC[C@@]4(C)C(=C3CC[C@]12C5)CC[C@@H]4[C@H](C)CC[C@H](CC)C(C)C)C(C)C. The van der Waals surface area contributed by atoms with Crippen LogP contribution in [0.4, 0.5) is 0 Å². The number of hydrogen-bond donors (Lipinski definition) is 0. The molecule has 3 nitrogen and oxygen atoms in total. The second-order valence-corrected chi connectivity index (χ2v) is 27.3. The third kappa shape index (κ3) is 7.26. The number of carbonyl (C=O) groups is 1. The number of carbonyl (C=O) groups excluding carboxylic acids is 1. The molecule has 0 aromatic carbocycles. The third-order valence-electron chi connectivity index (χ3n) is 24.5. The van der Waals surface area contributed by atoms with Crippen LogP contribution in [-0.2, 0) is 14.3 Å². The van der Waals surface area contributed by atoms with E-state index in [0.29, 0.717) is 28.1 Å². The molecule has 0 N–H and O–H groups in total. The standard InChI is InChI=1S/C62H100O3/c1-15-43(38(3)4)19-17-40(7)48-23-25-50-45-21-22-52-47-37-62-36-27-46-51-26-24-49(41(8)18-20-44(16-2)39(5)6)58(51,11)33-29-54(46)60(62,13)35-31-56(64-42(9)63)61(62,14)65-55(47)30-34-59(52,12)53(45)28-32-57(48,50)10/h38-41,43-44,48-49,52-54,56H,15-37H2,1-14H3/t40-,41-,43+,44+,48-,49-,52+,53+,54+,56+,57-,58-,59+,60-,61+,62-/m1/s1. The number of esters is 1. The maximum absolute atomic E-state index is 13.0. The van der Waals surface area contributed by atoms with E-state index < -0.39 is 5.60 Å². The Morgan fingerprint density at radius 1 is 0.600 bits per heavy atom. The minimum atomic E-state index is -0.496. The zero-order valence-corrected chi connectivity index (χ0v) is 44.9. The summed E-state index contributed by atoms with van der Waals surface area (Å²) in [5.74, 6) is 9.76. The van der Waals surface area contributed by atoms with Gasteiger partial charge in [-0.05, 0) is 215 Å². The Labute approximate surface area is 400 Å². The van der Waals surface area contributed by atoms with Crippen molar-refractivity contribution >= 4 is 5.97 Å². The van der Waals surface area contributed by atoms with E-state index in [1.165, 1.54) is 134 Å². The Kier molecular flexibility index (Phi) is 13.0. The Balaban J connectivity index is 1.01. The van der Waals surface area contributed by atoms with Gasteiger partial charge in [0.05, 0.1) is 5.76 Å². The molecule has 9 rings (SSSR count). The van der Waals surface area contributed by atoms with Crippen LogP contribution in [0.2, 0.25) is 0 Å². The first-order valence-corrected chi connectivity index (χ1v) is 28.8. The number of ether oxygens (including phenoxy) is 2. The highest BCUT2D eigenvalue weighted by Crippen LogP contribution is 2.77. The molecule has 65 heavy (non-hydrogen) atoms. The summed E-state index contributed by atoms with van der Waals surface area (Å²) in [4.78, 5) is 13.0. The summed E-state index contributed by atoms with van der Waals surface area (Å²) in [5.41, 5.74) is 10.1. The Morgan fingerprint density at radius 2 is 1.14 bits per heavy atom. The van der Waals surface area contributed by atoms with Gasteiger partial charge in [0.2, 0.25) is 0 Å². The van der Waals surface area contributed by atoms with E-state index >= 15 is 0 Å². The van der Waals surface area contributed by atoms with E-state index in [9.17, 15) is 4.79 Å². The lowest BCUT2D eigenvalue weighted by Gasteiger charge is -2.71. The predicted octanol–water partition coefficient (Wildman–Crippen LogP) is 17.6. The molecule has 0 bridgehead atoms. The van der Waals surface area contributed by atoms with Crippen LogP contribution in [0.3, 0.4) is 0 Å². The first-order chi connectivity index (χ1) is 30.7. The molecule has 366 valence electrons. The molecule has 1 aliphatic heterocycles. The van der Waals surface area contributed by atoms with Gasteiger partial charge in [0.1, 0.15) is 11.7 Å². The molecule has 0 amide bonds. The average molecular weight is 893 g/mol. The van der Waals surface area contributed by atoms with Gasteiger partial charge in [-0.15, -0.1) is 0 Å². The molecule has 9 aliphatic rings. The van der Waals surface area contributed by atoms with Crippen molar-refractivity contribution in [2.45, 2.75) is 256 Å². The van der Waals surface area contributed by atoms with Crippen LogP contribution in [0.15, 0.2) is 33.6 Å². The third-order valence-corrected chi connectivity index (χ3v) is 24.5. The molecule has 0 aromatic heterocycles. The van der Waals surface area contributed by atoms with Gasteiger partial charge in [-0.2, -0.15) is 0 Å². The predicted molar refractivity (Wildman–Crippen MR) is 271 cm³/mol. The molecule has 0 aromatic rings. The van der Waals surface area contributed by atoms with E-state index in [2.05, 4.69) is 90.0 Å². The van der Waals surface area contributed by atoms with Crippen molar-refractivity contribution in [3.63, 3.8) is 0 Å². The van der Waals surface area contributed by atoms with Crippen molar-refractivity contribution in [2.24, 2.45) is 92.2 Å². The summed E-state index contributed by atoms with van der Waals surface area (Å²) in [7, 11) is 0. The zero-order chi connectivity index (χ0) is 46.6. The van der Waals surface area contributed by atoms with Gasteiger partial charge in [-0.25, -0.2) is 0 Å². The molecule has 0 unspecified atom stereocenters. The van der Waals surface area contributed by atoms with Gasteiger partial charge in [-0.3, -0.25) is 4.79 Å². The van der Waals surface area contributed by atoms with Crippen LogP contribution in [0.5, 0.6) is 0 Å². The second-order valence-electron chi connectivity index (χ2n) is 27.3. The maximum Gasteiger partial charge on any atom is 0.303 e. The molecule has 3 heteroatoms. The van der Waals surface area contributed by atoms with Crippen molar-refractivity contribution in [3.05, 3.63) is 33.6 Å². The second kappa shape index (κ2) is 17.4. The van der Waals surface area contributed by atoms with Gasteiger partial charge >= 0.3 is 5.97 Å². The highest BCUT2D eigenvalue weighted by atomic mass is 16.6. The lowest BCUT2D eigenvalue weighted by molar-refractivity contribution is -0.274. The van der Waals surface area contributed by atoms with Gasteiger partial charge in [0.25, 0.3) is 0 Å². The smallest absolute Gasteiger partial charge is 0.303 e. The molecule has 5 saturated carbocycles. The summed E-state index contributed by atoms with van der Waals surface area (Å²) in [6.07, 6.45) is 29.6. The molecule has 0 radical (unpaired) electrons. The van der Waals surface area contributed by atoms with E-state index in [1.807, 2.05) is 22.3 Å². The minimum Gasteiger partial charge on any atom is -0.487 e. The van der Waals surface area contributed by atoms with Crippen molar-refractivity contribution in [3.8, 4) is 0 Å². The van der Waals surface area contributed by atoms with Gasteiger partial charge in [0.15, 0.2) is 0 Å². The first kappa shape index (κ1) is 48.5. The van der Waals surface area contributed by atoms with Crippen LogP contribution in [-0.4, -0.2) is 17.7 Å². The number of allylic oxidation sites excluding steroid dienone is 6. The minimum absolute atomic E-state index is 0.0414. The van der Waals surface area contributed by atoms with Crippen molar-refractivity contribution in [1.82, 2.24) is 0 Å². The van der Waals surface area contributed by atoms with Crippen molar-refractivity contribution in [1.29, 1.82) is 0 Å². The van der Waals surface area contributed by atoms with Crippen LogP contribution < -0.4 is 0 Å². The lowest BCUT2D eigenvalue weighted by Crippen LogP contribution is -2.71. The highest BCUT2D eigenvalue weighted by molar-refractivity contribution is 5.66. The average Bonchev–Trinajstić information content (AvgIpc) is 3.80. The van der Waals surface area contributed by atoms with Crippen LogP contribution in [0.25, 0.3) is 0 Å². The zero-order valence-electron chi connectivity index (χ0n) is 44.9. The van der Waals surface area contributed by atoms with Gasteiger partial charge in [0, 0.05) is 18.8 Å². The normalized spacial score (nSPS) is 43.9. The van der Waals surface area contributed by atoms with Crippen molar-refractivity contribution < 1.29 is 14.3 Å². The molecular formula is C62H100O3. The van der Waals surface area contributed by atoms with Gasteiger partial charge in [-0.1, -0.05) is 131 Å². The topological polar surface area (TPSA) is 35.5 Å². The van der Waals surface area contributed by atoms with Crippen LogP contribution >= 0.6 is 0 Å². The largest absolute Gasteiger partial charge is 0.487 e. The molecule has 1 spiro atoms. The summed E-state index contributed by atoms with van der Waals surface area (Å²) in [6.45, 7) is 34.9. The molecule has 8 aliphatic carbocycles. The first-order valence-electron chi connectivity index (χ1n) is 28.8. The Morgan fingerprint density at radius 3 is 1.68 bits per heavy atom. The molecule has 16 atom stereocenters. The Bertz CT molecular complexity index is 1910.